The summed E-state index contributed by atoms with van der Waals surface area (Å²) in [5.41, 5.74) is 7.61. The van der Waals surface area contributed by atoms with Crippen LogP contribution < -0.4 is 5.73 Å². The molecule has 2 heteroatoms. The van der Waals surface area contributed by atoms with Crippen LogP contribution in [0.1, 0.15) is 5.56 Å². The molecule has 0 fully saturated rings. The molecule has 1 aromatic rings. The largest absolute Gasteiger partial charge is 0.398 e. The minimum Gasteiger partial charge on any atom is -0.398 e. The van der Waals surface area contributed by atoms with Gasteiger partial charge in [-0.25, -0.2) is 0 Å². The Labute approximate surface area is 72.3 Å². The van der Waals surface area contributed by atoms with Crippen molar-refractivity contribution >= 4 is 5.69 Å². The van der Waals surface area contributed by atoms with Crippen molar-refractivity contribution in [2.75, 3.05) is 12.3 Å². The maximum absolute atomic E-state index is 8.50. The normalized spacial score (nSPS) is 10.8. The molecule has 12 heavy (non-hydrogen) atoms. The first-order valence-electron chi connectivity index (χ1n) is 3.94. The van der Waals surface area contributed by atoms with Gasteiger partial charge in [0.25, 0.3) is 0 Å². The highest BCUT2D eigenvalue weighted by Crippen LogP contribution is 2.10. The van der Waals surface area contributed by atoms with Crippen LogP contribution in [0, 0.1) is 0 Å². The van der Waals surface area contributed by atoms with Crippen LogP contribution in [0.15, 0.2) is 36.4 Å². The van der Waals surface area contributed by atoms with Crippen molar-refractivity contribution in [3.8, 4) is 0 Å². The predicted molar refractivity (Wildman–Crippen MR) is 50.8 cm³/mol. The number of hydrogen-bond donors (Lipinski definition) is 2. The van der Waals surface area contributed by atoms with Crippen molar-refractivity contribution in [2.24, 2.45) is 0 Å². The molecule has 2 nitrogen and oxygen atoms in total. The molecule has 3 N–H and O–H groups in total. The molecule has 1 aromatic carbocycles. The Kier molecular flexibility index (Phi) is 3.35. The Balaban J connectivity index is 2.63. The number of anilines is 1. The minimum atomic E-state index is 0.0900. The van der Waals surface area contributed by atoms with Gasteiger partial charge in [-0.05, 0) is 18.1 Å². The summed E-state index contributed by atoms with van der Waals surface area (Å²) in [6.07, 6.45) is 4.41. The Hall–Kier alpha value is -1.28. The fourth-order valence-corrected chi connectivity index (χ4v) is 1.00. The number of aliphatic hydroxyl groups is 1. The lowest BCUT2D eigenvalue weighted by molar-refractivity contribution is 0.342. The number of aliphatic hydroxyl groups excluding tert-OH is 1. The van der Waals surface area contributed by atoms with Crippen LogP contribution in [0.2, 0.25) is 0 Å². The zero-order chi connectivity index (χ0) is 8.81. The monoisotopic (exact) mass is 163 g/mol. The first-order valence-corrected chi connectivity index (χ1v) is 3.94. The number of nitrogen functional groups attached to an aromatic ring is 1. The van der Waals surface area contributed by atoms with Crippen LogP contribution in [0.4, 0.5) is 5.69 Å². The summed E-state index contributed by atoms with van der Waals surface area (Å²) in [5, 5.41) is 8.50. The van der Waals surface area contributed by atoms with Gasteiger partial charge >= 0.3 is 0 Å². The highest BCUT2D eigenvalue weighted by Gasteiger charge is 1.92. The van der Waals surface area contributed by atoms with Gasteiger partial charge in [0, 0.05) is 5.69 Å². The van der Waals surface area contributed by atoms with Crippen molar-refractivity contribution in [2.45, 2.75) is 6.42 Å². The van der Waals surface area contributed by atoms with Gasteiger partial charge in [0.15, 0.2) is 0 Å². The van der Waals surface area contributed by atoms with Gasteiger partial charge < -0.3 is 10.8 Å². The Morgan fingerprint density at radius 1 is 1.25 bits per heavy atom. The summed E-state index contributed by atoms with van der Waals surface area (Å²) >= 11 is 0. The molecule has 0 amide bonds. The third-order valence-corrected chi connectivity index (χ3v) is 1.66. The first kappa shape index (κ1) is 8.81. The van der Waals surface area contributed by atoms with E-state index in [0.717, 1.165) is 17.7 Å². The molecule has 0 aliphatic heterocycles. The second kappa shape index (κ2) is 4.57. The second-order valence-electron chi connectivity index (χ2n) is 2.56. The molecule has 64 valence electrons. The van der Waals surface area contributed by atoms with Gasteiger partial charge in [-0.2, -0.15) is 0 Å². The quantitative estimate of drug-likeness (QED) is 0.522. The van der Waals surface area contributed by atoms with Crippen LogP contribution >= 0.6 is 0 Å². The highest BCUT2D eigenvalue weighted by atomic mass is 16.2. The molecule has 0 heterocycles. The zero-order valence-corrected chi connectivity index (χ0v) is 6.90. The van der Waals surface area contributed by atoms with E-state index in [1.165, 1.54) is 0 Å². The molecule has 0 atom stereocenters. The van der Waals surface area contributed by atoms with Crippen LogP contribution in [0.25, 0.3) is 0 Å². The molecule has 0 unspecified atom stereocenters. The molecule has 0 aliphatic carbocycles. The smallest absolute Gasteiger partial charge is 0.0612 e. The molecule has 0 saturated heterocycles. The number of benzene rings is 1. The van der Waals surface area contributed by atoms with Crippen LogP contribution in [0.3, 0.4) is 0 Å². The van der Waals surface area contributed by atoms with Crippen LogP contribution in [-0.4, -0.2) is 11.7 Å². The van der Waals surface area contributed by atoms with E-state index in [0.29, 0.717) is 0 Å². The van der Waals surface area contributed by atoms with Gasteiger partial charge in [0.05, 0.1) is 6.61 Å². The fourth-order valence-electron chi connectivity index (χ4n) is 1.00. The Morgan fingerprint density at radius 2 is 2.00 bits per heavy atom. The fraction of sp³-hybridized carbons (Fsp3) is 0.200. The second-order valence-corrected chi connectivity index (χ2v) is 2.56. The molecule has 0 aromatic heterocycles. The summed E-state index contributed by atoms with van der Waals surface area (Å²) in [6.45, 7) is 0.0900. The lowest BCUT2D eigenvalue weighted by Crippen LogP contribution is -1.91. The van der Waals surface area contributed by atoms with Gasteiger partial charge in [-0.15, -0.1) is 0 Å². The van der Waals surface area contributed by atoms with E-state index < -0.39 is 0 Å². The van der Waals surface area contributed by atoms with E-state index in [1.54, 1.807) is 6.08 Å². The molecular formula is C10H13NO. The molecule has 0 spiro atoms. The van der Waals surface area contributed by atoms with E-state index in [1.807, 2.05) is 30.3 Å². The van der Waals surface area contributed by atoms with Crippen molar-refractivity contribution in [3.05, 3.63) is 42.0 Å². The van der Waals surface area contributed by atoms with Crippen molar-refractivity contribution in [3.63, 3.8) is 0 Å². The van der Waals surface area contributed by atoms with E-state index in [2.05, 4.69) is 0 Å². The van der Waals surface area contributed by atoms with Crippen LogP contribution in [-0.2, 0) is 6.42 Å². The summed E-state index contributed by atoms with van der Waals surface area (Å²) in [5.74, 6) is 0. The average Bonchev–Trinajstić information content (AvgIpc) is 2.09. The van der Waals surface area contributed by atoms with Gasteiger partial charge in [-0.3, -0.25) is 0 Å². The van der Waals surface area contributed by atoms with Gasteiger partial charge in [0.1, 0.15) is 0 Å². The summed E-state index contributed by atoms with van der Waals surface area (Å²) in [4.78, 5) is 0. The predicted octanol–water partition coefficient (Wildman–Crippen LogP) is 1.36. The minimum absolute atomic E-state index is 0.0900. The molecule has 1 rings (SSSR count). The number of para-hydroxylation sites is 1. The van der Waals surface area contributed by atoms with Gasteiger partial charge in [0.2, 0.25) is 0 Å². The third kappa shape index (κ3) is 2.40. The zero-order valence-electron chi connectivity index (χ0n) is 6.90. The number of rotatable bonds is 3. The topological polar surface area (TPSA) is 46.2 Å². The number of allylic oxidation sites excluding steroid dienone is 1. The SMILES string of the molecule is Nc1ccccc1CC=CCO. The Bertz CT molecular complexity index is 268. The van der Waals surface area contributed by atoms with E-state index in [4.69, 9.17) is 10.8 Å². The van der Waals surface area contributed by atoms with Crippen LogP contribution in [0.5, 0.6) is 0 Å². The number of hydrogen-bond acceptors (Lipinski definition) is 2. The standard InChI is InChI=1S/C10H13NO/c11-10-7-2-1-5-9(10)6-3-4-8-12/h1-5,7,12H,6,8,11H2. The lowest BCUT2D eigenvalue weighted by Gasteiger charge is -2.00. The van der Waals surface area contributed by atoms with Gasteiger partial charge in [-0.1, -0.05) is 30.4 Å². The average molecular weight is 163 g/mol. The van der Waals surface area contributed by atoms with E-state index in [-0.39, 0.29) is 6.61 Å². The van der Waals surface area contributed by atoms with E-state index in [9.17, 15) is 0 Å². The molecule has 0 radical (unpaired) electrons. The molecule has 0 bridgehead atoms. The maximum Gasteiger partial charge on any atom is 0.0612 e. The lowest BCUT2D eigenvalue weighted by atomic mass is 10.1. The molecule has 0 aliphatic rings. The maximum atomic E-state index is 8.50. The summed E-state index contributed by atoms with van der Waals surface area (Å²) in [6, 6.07) is 7.73. The van der Waals surface area contributed by atoms with E-state index >= 15 is 0 Å². The first-order chi connectivity index (χ1) is 5.84. The molecular weight excluding hydrogens is 150 g/mol. The van der Waals surface area contributed by atoms with Crippen molar-refractivity contribution < 1.29 is 5.11 Å². The molecule has 0 saturated carbocycles. The third-order valence-electron chi connectivity index (χ3n) is 1.66. The van der Waals surface area contributed by atoms with Crippen molar-refractivity contribution in [1.82, 2.24) is 0 Å². The summed E-state index contributed by atoms with van der Waals surface area (Å²) < 4.78 is 0. The Morgan fingerprint density at radius 3 is 2.67 bits per heavy atom. The summed E-state index contributed by atoms with van der Waals surface area (Å²) in [7, 11) is 0. The highest BCUT2D eigenvalue weighted by molar-refractivity contribution is 5.47. The number of nitrogens with two attached hydrogens (primary N) is 1. The van der Waals surface area contributed by atoms with Crippen molar-refractivity contribution in [1.29, 1.82) is 0 Å².